The maximum absolute atomic E-state index is 12.3. The Kier molecular flexibility index (Phi) is 6.86. The van der Waals surface area contributed by atoms with E-state index in [0.717, 1.165) is 0 Å². The van der Waals surface area contributed by atoms with E-state index in [9.17, 15) is 14.7 Å². The van der Waals surface area contributed by atoms with Crippen LogP contribution in [0, 0.1) is 0 Å². The highest BCUT2D eigenvalue weighted by Gasteiger charge is 2.17. The first-order valence-electron chi connectivity index (χ1n) is 8.13. The first-order valence-corrected chi connectivity index (χ1v) is 8.13. The molecule has 1 amide bonds. The van der Waals surface area contributed by atoms with Gasteiger partial charge in [-0.2, -0.15) is 0 Å². The molecule has 28 heavy (non-hydrogen) atoms. The summed E-state index contributed by atoms with van der Waals surface area (Å²) >= 11 is 0. The maximum Gasteiger partial charge on any atom is 0.337 e. The second-order valence-electron chi connectivity index (χ2n) is 5.49. The summed E-state index contributed by atoms with van der Waals surface area (Å²) in [4.78, 5) is 23.8. The number of ether oxygens (including phenoxy) is 4. The van der Waals surface area contributed by atoms with E-state index in [4.69, 9.17) is 18.9 Å². The smallest absolute Gasteiger partial charge is 0.337 e. The molecule has 2 N–H and O–H groups in total. The minimum Gasteiger partial charge on any atom is -0.497 e. The Bertz CT molecular complexity index is 906. The second-order valence-corrected chi connectivity index (χ2v) is 5.49. The molecule has 0 bridgehead atoms. The Morgan fingerprint density at radius 1 is 0.893 bits per heavy atom. The monoisotopic (exact) mass is 387 g/mol. The molecule has 0 aromatic heterocycles. The van der Waals surface area contributed by atoms with Crippen LogP contribution in [-0.2, 0) is 4.79 Å². The van der Waals surface area contributed by atoms with Gasteiger partial charge in [-0.15, -0.1) is 0 Å². The standard InChI is InChI=1S/C20H21NO7/c1-25-13-6-7-16(26-2)12(9-13)5-8-19(22)21-15-11-18(28-4)17(27-3)10-14(15)20(23)24/h5-11H,1-4H3,(H,21,22)(H,23,24)/b8-5+. The van der Waals surface area contributed by atoms with E-state index in [1.807, 2.05) is 0 Å². The van der Waals surface area contributed by atoms with Crippen molar-refractivity contribution >= 4 is 23.6 Å². The van der Waals surface area contributed by atoms with E-state index in [1.54, 1.807) is 18.2 Å². The van der Waals surface area contributed by atoms with Crippen LogP contribution < -0.4 is 24.3 Å². The van der Waals surface area contributed by atoms with Crippen LogP contribution in [0.1, 0.15) is 15.9 Å². The normalized spacial score (nSPS) is 10.4. The van der Waals surface area contributed by atoms with Gasteiger partial charge in [-0.1, -0.05) is 0 Å². The molecule has 2 aromatic carbocycles. The number of nitrogens with one attached hydrogen (secondary N) is 1. The molecule has 0 unspecified atom stereocenters. The topological polar surface area (TPSA) is 103 Å². The summed E-state index contributed by atoms with van der Waals surface area (Å²) in [6, 6.07) is 7.83. The predicted octanol–water partition coefficient (Wildman–Crippen LogP) is 3.07. The van der Waals surface area contributed by atoms with Gasteiger partial charge in [0.25, 0.3) is 0 Å². The fraction of sp³-hybridized carbons (Fsp3) is 0.200. The predicted molar refractivity (Wildman–Crippen MR) is 104 cm³/mol. The van der Waals surface area contributed by atoms with Crippen LogP contribution in [-0.4, -0.2) is 45.4 Å². The van der Waals surface area contributed by atoms with E-state index in [0.29, 0.717) is 22.8 Å². The molecular weight excluding hydrogens is 366 g/mol. The first-order chi connectivity index (χ1) is 13.4. The van der Waals surface area contributed by atoms with Crippen LogP contribution in [0.15, 0.2) is 36.4 Å². The molecule has 0 saturated carbocycles. The molecule has 0 spiro atoms. The number of hydrogen-bond acceptors (Lipinski definition) is 6. The number of rotatable bonds is 8. The van der Waals surface area contributed by atoms with Gasteiger partial charge < -0.3 is 29.4 Å². The van der Waals surface area contributed by atoms with Crippen molar-refractivity contribution in [1.82, 2.24) is 0 Å². The number of carboxylic acids is 1. The number of aromatic carboxylic acids is 1. The lowest BCUT2D eigenvalue weighted by molar-refractivity contribution is -0.111. The van der Waals surface area contributed by atoms with Gasteiger partial charge in [0.05, 0.1) is 39.7 Å². The molecule has 0 aliphatic heterocycles. The van der Waals surface area contributed by atoms with Gasteiger partial charge in [0.15, 0.2) is 11.5 Å². The summed E-state index contributed by atoms with van der Waals surface area (Å²) in [6.07, 6.45) is 2.80. The zero-order chi connectivity index (χ0) is 20.7. The van der Waals surface area contributed by atoms with Crippen molar-refractivity contribution in [2.45, 2.75) is 0 Å². The minimum absolute atomic E-state index is 0.0809. The Balaban J connectivity index is 2.30. The highest BCUT2D eigenvalue weighted by Crippen LogP contribution is 2.33. The van der Waals surface area contributed by atoms with Gasteiger partial charge in [-0.3, -0.25) is 4.79 Å². The number of hydrogen-bond donors (Lipinski definition) is 2. The molecule has 0 heterocycles. The van der Waals surface area contributed by atoms with Crippen molar-refractivity contribution in [2.75, 3.05) is 33.8 Å². The zero-order valence-corrected chi connectivity index (χ0v) is 15.9. The fourth-order valence-electron chi connectivity index (χ4n) is 2.47. The number of amides is 1. The Labute approximate surface area is 162 Å². The Hall–Kier alpha value is -3.68. The molecule has 2 rings (SSSR count). The van der Waals surface area contributed by atoms with Gasteiger partial charge >= 0.3 is 5.97 Å². The van der Waals surface area contributed by atoms with Crippen LogP contribution in [0.2, 0.25) is 0 Å². The van der Waals surface area contributed by atoms with Crippen LogP contribution in [0.5, 0.6) is 23.0 Å². The molecule has 0 saturated heterocycles. The van der Waals surface area contributed by atoms with E-state index >= 15 is 0 Å². The summed E-state index contributed by atoms with van der Waals surface area (Å²) in [7, 11) is 5.86. The maximum atomic E-state index is 12.3. The highest BCUT2D eigenvalue weighted by atomic mass is 16.5. The Morgan fingerprint density at radius 2 is 1.54 bits per heavy atom. The largest absolute Gasteiger partial charge is 0.497 e. The number of carbonyl (C=O) groups excluding carboxylic acids is 1. The van der Waals surface area contributed by atoms with Crippen LogP contribution in [0.25, 0.3) is 6.08 Å². The molecule has 0 radical (unpaired) electrons. The molecule has 8 nitrogen and oxygen atoms in total. The van der Waals surface area contributed by atoms with Crippen molar-refractivity contribution in [3.63, 3.8) is 0 Å². The zero-order valence-electron chi connectivity index (χ0n) is 15.9. The SMILES string of the molecule is COc1ccc(OC)c(/C=C/C(=O)Nc2cc(OC)c(OC)cc2C(=O)O)c1. The third-order valence-electron chi connectivity index (χ3n) is 3.86. The van der Waals surface area contributed by atoms with E-state index in [2.05, 4.69) is 5.32 Å². The van der Waals surface area contributed by atoms with E-state index in [1.165, 1.54) is 52.7 Å². The summed E-state index contributed by atoms with van der Waals surface area (Å²) in [5, 5.41) is 11.9. The molecule has 148 valence electrons. The van der Waals surface area contributed by atoms with Crippen molar-refractivity contribution in [1.29, 1.82) is 0 Å². The summed E-state index contributed by atoms with van der Waals surface area (Å²) in [6.45, 7) is 0. The molecule has 0 aliphatic rings. The van der Waals surface area contributed by atoms with Crippen molar-refractivity contribution in [3.05, 3.63) is 47.5 Å². The summed E-state index contributed by atoms with van der Waals surface area (Å²) < 4.78 is 20.7. The quantitative estimate of drug-likeness (QED) is 0.671. The molecule has 0 atom stereocenters. The number of carbonyl (C=O) groups is 2. The van der Waals surface area contributed by atoms with E-state index < -0.39 is 11.9 Å². The van der Waals surface area contributed by atoms with Crippen LogP contribution in [0.4, 0.5) is 5.69 Å². The Morgan fingerprint density at radius 3 is 2.11 bits per heavy atom. The number of anilines is 1. The van der Waals surface area contributed by atoms with Crippen molar-refractivity contribution in [3.8, 4) is 23.0 Å². The summed E-state index contributed by atoms with van der Waals surface area (Å²) in [5.41, 5.74) is 0.582. The third-order valence-corrected chi connectivity index (χ3v) is 3.86. The number of benzene rings is 2. The fourth-order valence-corrected chi connectivity index (χ4v) is 2.47. The van der Waals surface area contributed by atoms with Crippen molar-refractivity contribution < 1.29 is 33.6 Å². The van der Waals surface area contributed by atoms with Crippen LogP contribution in [0.3, 0.4) is 0 Å². The number of carboxylic acid groups (broad SMARTS) is 1. The van der Waals surface area contributed by atoms with E-state index in [-0.39, 0.29) is 17.0 Å². The van der Waals surface area contributed by atoms with Crippen LogP contribution >= 0.6 is 0 Å². The van der Waals surface area contributed by atoms with Gasteiger partial charge in [-0.25, -0.2) is 4.79 Å². The minimum atomic E-state index is -1.21. The molecule has 0 aliphatic carbocycles. The van der Waals surface area contributed by atoms with Crippen molar-refractivity contribution in [2.24, 2.45) is 0 Å². The lowest BCUT2D eigenvalue weighted by atomic mass is 10.1. The molecule has 8 heteroatoms. The lowest BCUT2D eigenvalue weighted by Gasteiger charge is -2.13. The van der Waals surface area contributed by atoms with Gasteiger partial charge in [0.2, 0.25) is 5.91 Å². The van der Waals surface area contributed by atoms with Gasteiger partial charge in [-0.05, 0) is 24.3 Å². The molecule has 0 fully saturated rings. The average molecular weight is 387 g/mol. The average Bonchev–Trinajstić information content (AvgIpc) is 2.71. The summed E-state index contributed by atoms with van der Waals surface area (Å²) in [5.74, 6) is -0.0406. The lowest BCUT2D eigenvalue weighted by Crippen LogP contribution is -2.12. The molecule has 2 aromatic rings. The second kappa shape index (κ2) is 9.31. The third kappa shape index (κ3) is 4.73. The highest BCUT2D eigenvalue weighted by molar-refractivity contribution is 6.06. The molecular formula is C20H21NO7. The van der Waals surface area contributed by atoms with Gasteiger partial charge in [0, 0.05) is 23.8 Å². The first kappa shape index (κ1) is 20.6. The van der Waals surface area contributed by atoms with Gasteiger partial charge in [0.1, 0.15) is 11.5 Å². The number of methoxy groups -OCH3 is 4.